The molecular weight excluding hydrogens is 369 g/mol. The molecule has 7 nitrogen and oxygen atoms in total. The van der Waals surface area contributed by atoms with Crippen LogP contribution in [0.15, 0.2) is 6.07 Å². The predicted octanol–water partition coefficient (Wildman–Crippen LogP) is 3.73. The van der Waals surface area contributed by atoms with Crippen LogP contribution in [0.5, 0.6) is 0 Å². The Kier molecular flexibility index (Phi) is 4.75. The van der Waals surface area contributed by atoms with Gasteiger partial charge in [-0.25, -0.2) is 9.37 Å². The fourth-order valence-corrected chi connectivity index (χ4v) is 3.22. The Morgan fingerprint density at radius 3 is 2.00 bits per heavy atom. The summed E-state index contributed by atoms with van der Waals surface area (Å²) in [7, 11) is 0. The van der Waals surface area contributed by atoms with Crippen molar-refractivity contribution in [2.24, 2.45) is 11.8 Å². The molecule has 9 heteroatoms. The SMILES string of the molecule is C[C@@H](Nc1nc(N[C@H](C)C2CC2)nc(-c2nc(Cl)c(N)cc2F)n1)C1CC1. The zero-order valence-corrected chi connectivity index (χ0v) is 16.1. The van der Waals surface area contributed by atoms with E-state index >= 15 is 0 Å². The molecule has 2 heterocycles. The Labute approximate surface area is 162 Å². The molecule has 0 bridgehead atoms. The van der Waals surface area contributed by atoms with E-state index in [1.54, 1.807) is 0 Å². The normalized spacial score (nSPS) is 18.8. The highest BCUT2D eigenvalue weighted by atomic mass is 35.5. The number of pyridine rings is 1. The van der Waals surface area contributed by atoms with E-state index in [2.05, 4.69) is 44.4 Å². The molecule has 4 N–H and O–H groups in total. The Bertz CT molecular complexity index is 816. The summed E-state index contributed by atoms with van der Waals surface area (Å²) in [5.74, 6) is 1.55. The average molecular weight is 392 g/mol. The summed E-state index contributed by atoms with van der Waals surface area (Å²) in [5, 5.41) is 6.64. The van der Waals surface area contributed by atoms with Gasteiger partial charge in [0.1, 0.15) is 5.69 Å². The van der Waals surface area contributed by atoms with Crippen molar-refractivity contribution in [3.63, 3.8) is 0 Å². The first-order chi connectivity index (χ1) is 12.9. The summed E-state index contributed by atoms with van der Waals surface area (Å²) in [6.45, 7) is 4.19. The highest BCUT2D eigenvalue weighted by molar-refractivity contribution is 6.31. The van der Waals surface area contributed by atoms with E-state index in [1.807, 2.05) is 0 Å². The smallest absolute Gasteiger partial charge is 0.228 e. The molecule has 0 radical (unpaired) electrons. The lowest BCUT2D eigenvalue weighted by Gasteiger charge is -2.17. The summed E-state index contributed by atoms with van der Waals surface area (Å²) >= 11 is 5.98. The number of hydrogen-bond donors (Lipinski definition) is 3. The molecule has 2 aliphatic rings. The third-order valence-electron chi connectivity index (χ3n) is 5.18. The maximum Gasteiger partial charge on any atom is 0.228 e. The first-order valence-corrected chi connectivity index (χ1v) is 9.69. The molecule has 2 aromatic heterocycles. The van der Waals surface area contributed by atoms with Gasteiger partial charge in [-0.1, -0.05) is 11.6 Å². The van der Waals surface area contributed by atoms with Crippen molar-refractivity contribution in [1.29, 1.82) is 0 Å². The molecule has 0 unspecified atom stereocenters. The summed E-state index contributed by atoms with van der Waals surface area (Å²) in [6, 6.07) is 1.61. The molecule has 2 atom stereocenters. The van der Waals surface area contributed by atoms with Crippen molar-refractivity contribution in [3.05, 3.63) is 17.0 Å². The fraction of sp³-hybridized carbons (Fsp3) is 0.556. The van der Waals surface area contributed by atoms with Crippen LogP contribution < -0.4 is 16.4 Å². The van der Waals surface area contributed by atoms with Crippen molar-refractivity contribution < 1.29 is 4.39 Å². The maximum atomic E-state index is 14.4. The van der Waals surface area contributed by atoms with E-state index in [4.69, 9.17) is 17.3 Å². The van der Waals surface area contributed by atoms with Crippen LogP contribution in [0.3, 0.4) is 0 Å². The average Bonchev–Trinajstić information content (AvgIpc) is 3.48. The lowest BCUT2D eigenvalue weighted by Crippen LogP contribution is -2.23. The lowest BCUT2D eigenvalue weighted by molar-refractivity contribution is 0.624. The molecule has 2 saturated carbocycles. The van der Waals surface area contributed by atoms with Crippen LogP contribution in [0, 0.1) is 17.7 Å². The van der Waals surface area contributed by atoms with Gasteiger partial charge in [-0.2, -0.15) is 15.0 Å². The summed E-state index contributed by atoms with van der Waals surface area (Å²) in [5.41, 5.74) is 5.66. The van der Waals surface area contributed by atoms with E-state index < -0.39 is 5.82 Å². The molecule has 0 saturated heterocycles. The minimum atomic E-state index is -0.620. The van der Waals surface area contributed by atoms with Crippen LogP contribution in [0.4, 0.5) is 22.0 Å². The monoisotopic (exact) mass is 391 g/mol. The highest BCUT2D eigenvalue weighted by Crippen LogP contribution is 2.35. The second-order valence-corrected chi connectivity index (χ2v) is 7.90. The largest absolute Gasteiger partial charge is 0.396 e. The summed E-state index contributed by atoms with van der Waals surface area (Å²) in [4.78, 5) is 17.3. The number of nitrogens with zero attached hydrogens (tertiary/aromatic N) is 4. The van der Waals surface area contributed by atoms with Gasteiger partial charge < -0.3 is 16.4 Å². The molecule has 0 amide bonds. The van der Waals surface area contributed by atoms with Crippen LogP contribution in [0.2, 0.25) is 5.15 Å². The third kappa shape index (κ3) is 4.21. The first kappa shape index (κ1) is 18.2. The molecule has 144 valence electrons. The number of nitrogens with two attached hydrogens (primary N) is 1. The van der Waals surface area contributed by atoms with Crippen LogP contribution in [-0.4, -0.2) is 32.0 Å². The standard InChI is InChI=1S/C18H23ClFN7/c1-8(10-3-4-10)22-17-25-16(14-12(20)7-13(21)15(19)24-14)26-18(27-17)23-9(2)11-5-6-11/h7-11H,3-6,21H2,1-2H3,(H2,22,23,25,26,27)/t8-,9-/m1/s1. The van der Waals surface area contributed by atoms with Gasteiger partial charge in [0.25, 0.3) is 0 Å². The maximum absolute atomic E-state index is 14.4. The van der Waals surface area contributed by atoms with Crippen molar-refractivity contribution in [1.82, 2.24) is 19.9 Å². The van der Waals surface area contributed by atoms with E-state index in [1.165, 1.54) is 25.7 Å². The molecule has 2 aliphatic carbocycles. The van der Waals surface area contributed by atoms with Gasteiger partial charge in [0.15, 0.2) is 16.8 Å². The Morgan fingerprint density at radius 1 is 1.00 bits per heavy atom. The van der Waals surface area contributed by atoms with Crippen molar-refractivity contribution in [2.75, 3.05) is 16.4 Å². The minimum Gasteiger partial charge on any atom is -0.396 e. The molecule has 2 aromatic rings. The number of aromatic nitrogens is 4. The molecule has 2 fully saturated rings. The zero-order chi connectivity index (χ0) is 19.1. The second-order valence-electron chi connectivity index (χ2n) is 7.55. The number of halogens is 2. The highest BCUT2D eigenvalue weighted by Gasteiger charge is 2.30. The van der Waals surface area contributed by atoms with Crippen LogP contribution in [0.25, 0.3) is 11.5 Å². The van der Waals surface area contributed by atoms with Crippen molar-refractivity contribution in [2.45, 2.75) is 51.6 Å². The predicted molar refractivity (Wildman–Crippen MR) is 104 cm³/mol. The van der Waals surface area contributed by atoms with E-state index in [-0.39, 0.29) is 34.4 Å². The lowest BCUT2D eigenvalue weighted by atomic mass is 10.2. The molecule has 0 spiro atoms. The van der Waals surface area contributed by atoms with Gasteiger partial charge in [0.2, 0.25) is 11.9 Å². The Balaban J connectivity index is 1.69. The Morgan fingerprint density at radius 2 is 1.52 bits per heavy atom. The van der Waals surface area contributed by atoms with Crippen LogP contribution in [-0.2, 0) is 0 Å². The Hall–Kier alpha value is -2.22. The van der Waals surface area contributed by atoms with Gasteiger partial charge >= 0.3 is 0 Å². The van der Waals surface area contributed by atoms with E-state index in [0.717, 1.165) is 6.07 Å². The topological polar surface area (TPSA) is 102 Å². The quantitative estimate of drug-likeness (QED) is 0.618. The molecule has 0 aliphatic heterocycles. The van der Waals surface area contributed by atoms with Gasteiger partial charge in [0.05, 0.1) is 5.69 Å². The fourth-order valence-electron chi connectivity index (χ4n) is 3.08. The molecule has 4 rings (SSSR count). The van der Waals surface area contributed by atoms with Gasteiger partial charge in [-0.05, 0) is 51.4 Å². The van der Waals surface area contributed by atoms with Crippen molar-refractivity contribution >= 4 is 29.2 Å². The first-order valence-electron chi connectivity index (χ1n) is 9.31. The van der Waals surface area contributed by atoms with E-state index in [0.29, 0.717) is 23.7 Å². The number of anilines is 3. The van der Waals surface area contributed by atoms with Gasteiger partial charge in [-0.15, -0.1) is 0 Å². The minimum absolute atomic E-state index is 0.0218. The van der Waals surface area contributed by atoms with Crippen molar-refractivity contribution in [3.8, 4) is 11.5 Å². The van der Waals surface area contributed by atoms with Crippen LogP contribution >= 0.6 is 11.6 Å². The molecule has 27 heavy (non-hydrogen) atoms. The van der Waals surface area contributed by atoms with Crippen LogP contribution in [0.1, 0.15) is 39.5 Å². The number of nitrogens with one attached hydrogen (secondary N) is 2. The number of rotatable bonds is 7. The number of nitrogen functional groups attached to an aromatic ring is 1. The number of hydrogen-bond acceptors (Lipinski definition) is 7. The van der Waals surface area contributed by atoms with Gasteiger partial charge in [0, 0.05) is 18.2 Å². The summed E-state index contributed by atoms with van der Waals surface area (Å²) in [6.07, 6.45) is 4.78. The summed E-state index contributed by atoms with van der Waals surface area (Å²) < 4.78 is 14.4. The second kappa shape index (κ2) is 7.07. The zero-order valence-electron chi connectivity index (χ0n) is 15.3. The molecule has 0 aromatic carbocycles. The third-order valence-corrected chi connectivity index (χ3v) is 5.48. The van der Waals surface area contributed by atoms with Gasteiger partial charge in [-0.3, -0.25) is 0 Å². The molecular formula is C18H23ClFN7. The van der Waals surface area contributed by atoms with E-state index in [9.17, 15) is 4.39 Å².